The van der Waals surface area contributed by atoms with Crippen LogP contribution in [0.5, 0.6) is 0 Å². The van der Waals surface area contributed by atoms with Crippen molar-refractivity contribution in [3.05, 3.63) is 39.0 Å². The van der Waals surface area contributed by atoms with Gasteiger partial charge in [0.15, 0.2) is 5.69 Å². The van der Waals surface area contributed by atoms with Crippen LogP contribution in [-0.2, 0) is 4.74 Å². The molecule has 2 aromatic rings. The number of hydrogen-bond donors (Lipinski definition) is 0. The molecule has 0 aliphatic heterocycles. The monoisotopic (exact) mass is 327 g/mol. The number of pyridine rings is 1. The molecule has 1 aromatic carbocycles. The number of carbonyl (C=O) groups is 1. The molecule has 0 atom stereocenters. The predicted octanol–water partition coefficient (Wildman–Crippen LogP) is 4.14. The maximum absolute atomic E-state index is 11.8. The first kappa shape index (κ1) is 13.3. The Hall–Kier alpha value is -1.13. The average molecular weight is 329 g/mol. The van der Waals surface area contributed by atoms with Crippen LogP contribution in [0.2, 0.25) is 5.02 Å². The van der Waals surface area contributed by atoms with Crippen LogP contribution in [0.15, 0.2) is 22.7 Å². The molecule has 5 heteroatoms. The molecule has 0 unspecified atom stereocenters. The number of halogens is 2. The fraction of sp³-hybridized carbons (Fsp3) is 0.231. The summed E-state index contributed by atoms with van der Waals surface area (Å²) < 4.78 is 5.89. The van der Waals surface area contributed by atoms with Gasteiger partial charge >= 0.3 is 5.97 Å². The van der Waals surface area contributed by atoms with Crippen LogP contribution >= 0.6 is 27.5 Å². The molecular formula is C13H11BrClNO2. The van der Waals surface area contributed by atoms with Crippen molar-refractivity contribution in [1.29, 1.82) is 0 Å². The van der Waals surface area contributed by atoms with Crippen molar-refractivity contribution >= 4 is 44.4 Å². The lowest BCUT2D eigenvalue weighted by molar-refractivity contribution is 0.0519. The van der Waals surface area contributed by atoms with E-state index in [1.807, 2.05) is 18.2 Å². The van der Waals surface area contributed by atoms with Crippen molar-refractivity contribution in [3.63, 3.8) is 0 Å². The lowest BCUT2D eigenvalue weighted by atomic mass is 10.1. The van der Waals surface area contributed by atoms with Crippen molar-refractivity contribution in [2.24, 2.45) is 0 Å². The largest absolute Gasteiger partial charge is 0.461 e. The zero-order valence-corrected chi connectivity index (χ0v) is 12.3. The van der Waals surface area contributed by atoms with E-state index in [1.54, 1.807) is 13.8 Å². The van der Waals surface area contributed by atoms with Gasteiger partial charge in [-0.25, -0.2) is 9.78 Å². The topological polar surface area (TPSA) is 39.2 Å². The number of ether oxygens (including phenoxy) is 1. The molecule has 3 nitrogen and oxygen atoms in total. The Bertz CT molecular complexity index is 628. The number of hydrogen-bond acceptors (Lipinski definition) is 3. The minimum absolute atomic E-state index is 0.275. The Balaban J connectivity index is 2.67. The molecule has 0 saturated carbocycles. The summed E-state index contributed by atoms with van der Waals surface area (Å²) in [5.74, 6) is -0.443. The van der Waals surface area contributed by atoms with Gasteiger partial charge in [0, 0.05) is 15.4 Å². The summed E-state index contributed by atoms with van der Waals surface area (Å²) in [4.78, 5) is 16.1. The summed E-state index contributed by atoms with van der Waals surface area (Å²) in [6.07, 6.45) is 0. The normalized spacial score (nSPS) is 10.7. The molecule has 0 amide bonds. The van der Waals surface area contributed by atoms with E-state index in [0.29, 0.717) is 22.7 Å². The highest BCUT2D eigenvalue weighted by Crippen LogP contribution is 2.30. The number of benzene rings is 1. The SMILES string of the molecule is CCOC(=O)c1nc2ccc(Br)cc2c(Cl)c1C. The van der Waals surface area contributed by atoms with Crippen molar-refractivity contribution < 1.29 is 9.53 Å². The van der Waals surface area contributed by atoms with Crippen molar-refractivity contribution in [1.82, 2.24) is 4.98 Å². The second kappa shape index (κ2) is 5.24. The van der Waals surface area contributed by atoms with Crippen molar-refractivity contribution in [2.45, 2.75) is 13.8 Å². The van der Waals surface area contributed by atoms with Crippen LogP contribution in [0.3, 0.4) is 0 Å². The standard InChI is InChI=1S/C13H11BrClNO2/c1-3-18-13(17)12-7(2)11(15)9-6-8(14)4-5-10(9)16-12/h4-6H,3H2,1-2H3. The molecule has 18 heavy (non-hydrogen) atoms. The first-order chi connectivity index (χ1) is 8.54. The number of esters is 1. The third-order valence-corrected chi connectivity index (χ3v) is 3.56. The highest BCUT2D eigenvalue weighted by Gasteiger charge is 2.17. The molecule has 94 valence electrons. The lowest BCUT2D eigenvalue weighted by Gasteiger charge is -2.09. The molecule has 0 N–H and O–H groups in total. The van der Waals surface area contributed by atoms with Gasteiger partial charge in [0.2, 0.25) is 0 Å². The zero-order valence-electron chi connectivity index (χ0n) is 9.96. The predicted molar refractivity (Wildman–Crippen MR) is 75.1 cm³/mol. The number of rotatable bonds is 2. The summed E-state index contributed by atoms with van der Waals surface area (Å²) >= 11 is 9.66. The molecule has 0 saturated heterocycles. The van der Waals surface area contributed by atoms with Gasteiger partial charge < -0.3 is 4.74 Å². The highest BCUT2D eigenvalue weighted by molar-refractivity contribution is 9.10. The lowest BCUT2D eigenvalue weighted by Crippen LogP contribution is -2.10. The Morgan fingerprint density at radius 2 is 2.22 bits per heavy atom. The van der Waals surface area contributed by atoms with Crippen molar-refractivity contribution in [3.8, 4) is 0 Å². The van der Waals surface area contributed by atoms with E-state index in [9.17, 15) is 4.79 Å². The third kappa shape index (κ3) is 2.35. The van der Waals surface area contributed by atoms with E-state index >= 15 is 0 Å². The number of fused-ring (bicyclic) bond motifs is 1. The van der Waals surface area contributed by atoms with E-state index in [2.05, 4.69) is 20.9 Å². The highest BCUT2D eigenvalue weighted by atomic mass is 79.9. The van der Waals surface area contributed by atoms with Gasteiger partial charge in [-0.2, -0.15) is 0 Å². The van der Waals surface area contributed by atoms with Gasteiger partial charge in [-0.3, -0.25) is 0 Å². The van der Waals surface area contributed by atoms with Gasteiger partial charge in [0.25, 0.3) is 0 Å². The summed E-state index contributed by atoms with van der Waals surface area (Å²) in [7, 11) is 0. The maximum Gasteiger partial charge on any atom is 0.357 e. The first-order valence-electron chi connectivity index (χ1n) is 5.47. The molecule has 0 bridgehead atoms. The molecule has 0 aliphatic carbocycles. The summed E-state index contributed by atoms with van der Waals surface area (Å²) in [5.41, 5.74) is 1.59. The molecule has 0 spiro atoms. The van der Waals surface area contributed by atoms with Gasteiger partial charge in [-0.15, -0.1) is 0 Å². The fourth-order valence-electron chi connectivity index (χ4n) is 1.69. The number of carbonyl (C=O) groups excluding carboxylic acids is 1. The van der Waals surface area contributed by atoms with Crippen LogP contribution in [0.4, 0.5) is 0 Å². The second-order valence-electron chi connectivity index (χ2n) is 3.78. The van der Waals surface area contributed by atoms with Gasteiger partial charge in [-0.05, 0) is 32.0 Å². The van der Waals surface area contributed by atoms with Crippen LogP contribution in [-0.4, -0.2) is 17.6 Å². The Morgan fingerprint density at radius 3 is 2.89 bits per heavy atom. The molecule has 1 heterocycles. The molecule has 0 radical (unpaired) electrons. The van der Waals surface area contributed by atoms with Crippen molar-refractivity contribution in [2.75, 3.05) is 6.61 Å². The fourth-order valence-corrected chi connectivity index (χ4v) is 2.29. The van der Waals surface area contributed by atoms with Crippen LogP contribution in [0, 0.1) is 6.92 Å². The Morgan fingerprint density at radius 1 is 1.50 bits per heavy atom. The van der Waals surface area contributed by atoms with E-state index in [4.69, 9.17) is 16.3 Å². The molecule has 0 fully saturated rings. The van der Waals surface area contributed by atoms with Crippen LogP contribution < -0.4 is 0 Å². The van der Waals surface area contributed by atoms with E-state index in [0.717, 1.165) is 9.86 Å². The first-order valence-corrected chi connectivity index (χ1v) is 6.64. The van der Waals surface area contributed by atoms with E-state index in [1.165, 1.54) is 0 Å². The second-order valence-corrected chi connectivity index (χ2v) is 5.07. The molecule has 0 aliphatic rings. The molecule has 1 aromatic heterocycles. The minimum atomic E-state index is -0.443. The van der Waals surface area contributed by atoms with Gasteiger partial charge in [-0.1, -0.05) is 27.5 Å². The third-order valence-electron chi connectivity index (χ3n) is 2.58. The van der Waals surface area contributed by atoms with Crippen LogP contribution in [0.25, 0.3) is 10.9 Å². The zero-order chi connectivity index (χ0) is 13.3. The summed E-state index contributed by atoms with van der Waals surface area (Å²) in [5, 5.41) is 1.35. The van der Waals surface area contributed by atoms with E-state index < -0.39 is 5.97 Å². The minimum Gasteiger partial charge on any atom is -0.461 e. The maximum atomic E-state index is 11.8. The number of aromatic nitrogens is 1. The summed E-state index contributed by atoms with van der Waals surface area (Å²) in [6.45, 7) is 3.84. The smallest absolute Gasteiger partial charge is 0.357 e. The average Bonchev–Trinajstić information content (AvgIpc) is 2.34. The van der Waals surface area contributed by atoms with Crippen LogP contribution in [0.1, 0.15) is 23.0 Å². The summed E-state index contributed by atoms with van der Waals surface area (Å²) in [6, 6.07) is 5.55. The molecular weight excluding hydrogens is 318 g/mol. The Labute approximate surface area is 118 Å². The van der Waals surface area contributed by atoms with Gasteiger partial charge in [0.1, 0.15) is 0 Å². The molecule has 2 rings (SSSR count). The van der Waals surface area contributed by atoms with Gasteiger partial charge in [0.05, 0.1) is 17.1 Å². The Kier molecular flexibility index (Phi) is 3.88. The quantitative estimate of drug-likeness (QED) is 0.778. The van der Waals surface area contributed by atoms with E-state index in [-0.39, 0.29) is 5.69 Å². The number of nitrogens with zero attached hydrogens (tertiary/aromatic N) is 1.